The molecule has 0 aromatic heterocycles. The summed E-state index contributed by atoms with van der Waals surface area (Å²) in [6.07, 6.45) is 3.36. The predicted molar refractivity (Wildman–Crippen MR) is 102 cm³/mol. The lowest BCUT2D eigenvalue weighted by molar-refractivity contribution is -0.172. The van der Waals surface area contributed by atoms with Gasteiger partial charge in [0, 0.05) is 19.8 Å². The van der Waals surface area contributed by atoms with Gasteiger partial charge >= 0.3 is 5.97 Å². The van der Waals surface area contributed by atoms with Crippen LogP contribution in [0.15, 0.2) is 11.6 Å². The van der Waals surface area contributed by atoms with Crippen molar-refractivity contribution in [2.24, 2.45) is 0 Å². The van der Waals surface area contributed by atoms with E-state index in [0.29, 0.717) is 6.42 Å². The highest BCUT2D eigenvalue weighted by Crippen LogP contribution is 2.43. The summed E-state index contributed by atoms with van der Waals surface area (Å²) in [6.45, 7) is 13.9. The number of esters is 1. The van der Waals surface area contributed by atoms with Crippen LogP contribution >= 0.6 is 0 Å². The maximum absolute atomic E-state index is 11.5. The highest BCUT2D eigenvalue weighted by Gasteiger charge is 2.48. The average molecular weight is 373 g/mol. The minimum absolute atomic E-state index is 0.0224. The second-order valence-electron chi connectivity index (χ2n) is 8.72. The quantitative estimate of drug-likeness (QED) is 0.424. The van der Waals surface area contributed by atoms with Crippen LogP contribution in [0, 0.1) is 0 Å². The van der Waals surface area contributed by atoms with E-state index in [-0.39, 0.29) is 24.2 Å². The molecule has 1 aliphatic carbocycles. The number of hydrogen-bond donors (Lipinski definition) is 2. The number of carbonyl (C=O) groups excluding carboxylic acids is 1. The van der Waals surface area contributed by atoms with Crippen molar-refractivity contribution >= 4 is 14.3 Å². The maximum Gasteiger partial charge on any atom is 0.303 e. The molecule has 5 nitrogen and oxygen atoms in total. The lowest BCUT2D eigenvalue weighted by Gasteiger charge is -2.47. The van der Waals surface area contributed by atoms with E-state index in [1.807, 2.05) is 0 Å². The molecular weight excluding hydrogens is 336 g/mol. The van der Waals surface area contributed by atoms with E-state index in [0.717, 1.165) is 18.4 Å². The Hall–Kier alpha value is -0.693. The summed E-state index contributed by atoms with van der Waals surface area (Å²) >= 11 is 0. The average Bonchev–Trinajstić information content (AvgIpc) is 2.44. The fourth-order valence-electron chi connectivity index (χ4n) is 2.99. The van der Waals surface area contributed by atoms with Gasteiger partial charge in [0.05, 0.1) is 18.8 Å². The summed E-state index contributed by atoms with van der Waals surface area (Å²) in [7, 11) is -2.09. The third kappa shape index (κ3) is 5.64. The van der Waals surface area contributed by atoms with Crippen molar-refractivity contribution in [3.63, 3.8) is 0 Å². The summed E-state index contributed by atoms with van der Waals surface area (Å²) in [4.78, 5) is 11.5. The van der Waals surface area contributed by atoms with Crippen molar-refractivity contribution < 1.29 is 24.2 Å². The zero-order chi connectivity index (χ0) is 19.5. The fraction of sp³-hybridized carbons (Fsp3) is 0.842. The van der Waals surface area contributed by atoms with Gasteiger partial charge in [0.1, 0.15) is 5.60 Å². The van der Waals surface area contributed by atoms with Gasteiger partial charge in [-0.3, -0.25) is 4.79 Å². The molecule has 1 saturated carbocycles. The smallest absolute Gasteiger partial charge is 0.303 e. The Balaban J connectivity index is 3.20. The largest absolute Gasteiger partial charge is 0.457 e. The van der Waals surface area contributed by atoms with Crippen molar-refractivity contribution in [3.8, 4) is 0 Å². The van der Waals surface area contributed by atoms with Crippen LogP contribution in [0.2, 0.25) is 18.1 Å². The van der Waals surface area contributed by atoms with Crippen LogP contribution in [0.1, 0.15) is 60.3 Å². The van der Waals surface area contributed by atoms with Crippen LogP contribution in [0.3, 0.4) is 0 Å². The predicted octanol–water partition coefficient (Wildman–Crippen LogP) is 3.55. The summed E-state index contributed by atoms with van der Waals surface area (Å²) in [5, 5.41) is 20.6. The monoisotopic (exact) mass is 372 g/mol. The molecule has 1 rings (SSSR count). The standard InChI is InChI=1S/C19H36O5Si/c1-8-9-10-15-16(22)11-19(13-20,23-14(2)21)12-17(15)24-25(6,7)18(3,4)5/h10,16-17,20,22H,8-9,11-13H2,1-7H3/t16-,17-,19-/m1/s1. The number of unbranched alkanes of at least 4 members (excludes halogenated alkanes) is 1. The molecule has 0 aliphatic heterocycles. The SMILES string of the molecule is CCCC=C1[C@H](O)C[C@@](CO)(OC(C)=O)C[C@H]1O[Si](C)(C)C(C)(C)C. The molecule has 0 bridgehead atoms. The summed E-state index contributed by atoms with van der Waals surface area (Å²) in [5.74, 6) is -0.451. The van der Waals surface area contributed by atoms with Crippen molar-refractivity contribution in [1.29, 1.82) is 0 Å². The first-order chi connectivity index (χ1) is 11.4. The molecule has 6 heteroatoms. The van der Waals surface area contributed by atoms with E-state index in [4.69, 9.17) is 9.16 Å². The molecule has 0 heterocycles. The molecule has 0 aromatic rings. The van der Waals surface area contributed by atoms with E-state index >= 15 is 0 Å². The van der Waals surface area contributed by atoms with E-state index in [9.17, 15) is 15.0 Å². The highest BCUT2D eigenvalue weighted by molar-refractivity contribution is 6.74. The first kappa shape index (κ1) is 22.3. The molecule has 0 unspecified atom stereocenters. The Kier molecular flexibility index (Phi) is 7.45. The molecule has 25 heavy (non-hydrogen) atoms. The lowest BCUT2D eigenvalue weighted by atomic mass is 9.78. The normalized spacial score (nSPS) is 29.7. The summed E-state index contributed by atoms with van der Waals surface area (Å²) < 4.78 is 12.0. The van der Waals surface area contributed by atoms with Crippen LogP contribution in [0.5, 0.6) is 0 Å². The van der Waals surface area contributed by atoms with Crippen molar-refractivity contribution in [3.05, 3.63) is 11.6 Å². The molecule has 1 aliphatic rings. The Morgan fingerprint density at radius 3 is 2.40 bits per heavy atom. The topological polar surface area (TPSA) is 76.0 Å². The fourth-order valence-corrected chi connectivity index (χ4v) is 4.28. The number of aliphatic hydroxyl groups is 2. The Morgan fingerprint density at radius 2 is 1.96 bits per heavy atom. The molecule has 0 radical (unpaired) electrons. The second-order valence-corrected chi connectivity index (χ2v) is 13.5. The van der Waals surface area contributed by atoms with Crippen LogP contribution < -0.4 is 0 Å². The van der Waals surface area contributed by atoms with Gasteiger partial charge in [-0.1, -0.05) is 40.2 Å². The van der Waals surface area contributed by atoms with Gasteiger partial charge in [-0.05, 0) is 30.1 Å². The van der Waals surface area contributed by atoms with E-state index in [2.05, 4.69) is 46.9 Å². The van der Waals surface area contributed by atoms with Crippen LogP contribution in [-0.2, 0) is 14.0 Å². The number of ether oxygens (including phenoxy) is 1. The zero-order valence-corrected chi connectivity index (χ0v) is 17.9. The zero-order valence-electron chi connectivity index (χ0n) is 16.9. The minimum Gasteiger partial charge on any atom is -0.457 e. The van der Waals surface area contributed by atoms with Crippen molar-refractivity contribution in [1.82, 2.24) is 0 Å². The molecule has 3 atom stereocenters. The number of rotatable bonds is 6. The van der Waals surface area contributed by atoms with Gasteiger partial charge in [-0.15, -0.1) is 0 Å². The molecule has 0 saturated heterocycles. The van der Waals surface area contributed by atoms with Gasteiger partial charge in [-0.2, -0.15) is 0 Å². The van der Waals surface area contributed by atoms with Crippen LogP contribution in [0.4, 0.5) is 0 Å². The molecule has 2 N–H and O–H groups in total. The van der Waals surface area contributed by atoms with E-state index < -0.39 is 26.0 Å². The summed E-state index contributed by atoms with van der Waals surface area (Å²) in [5.41, 5.74) is -0.218. The third-order valence-electron chi connectivity index (χ3n) is 5.44. The third-order valence-corrected chi connectivity index (χ3v) is 9.93. The maximum atomic E-state index is 11.5. The van der Waals surface area contributed by atoms with E-state index in [1.54, 1.807) is 0 Å². The first-order valence-electron chi connectivity index (χ1n) is 9.24. The van der Waals surface area contributed by atoms with Crippen LogP contribution in [-0.4, -0.2) is 48.9 Å². The Bertz CT molecular complexity index is 495. The van der Waals surface area contributed by atoms with Crippen molar-refractivity contribution in [2.75, 3.05) is 6.61 Å². The second kappa shape index (κ2) is 8.33. The molecule has 0 amide bonds. The molecule has 0 spiro atoms. The van der Waals surface area contributed by atoms with Gasteiger partial charge in [0.25, 0.3) is 0 Å². The Morgan fingerprint density at radius 1 is 1.36 bits per heavy atom. The molecular formula is C19H36O5Si. The summed E-state index contributed by atoms with van der Waals surface area (Å²) in [6, 6.07) is 0. The number of hydrogen-bond acceptors (Lipinski definition) is 5. The first-order valence-corrected chi connectivity index (χ1v) is 12.1. The minimum atomic E-state index is -2.09. The number of aliphatic hydroxyl groups excluding tert-OH is 2. The Labute approximate surface area is 153 Å². The van der Waals surface area contributed by atoms with Gasteiger partial charge < -0.3 is 19.4 Å². The number of carbonyl (C=O) groups is 1. The molecule has 1 fully saturated rings. The molecule has 146 valence electrons. The van der Waals surface area contributed by atoms with Gasteiger partial charge in [-0.25, -0.2) is 0 Å². The van der Waals surface area contributed by atoms with Crippen LogP contribution in [0.25, 0.3) is 0 Å². The van der Waals surface area contributed by atoms with Gasteiger partial charge in [0.2, 0.25) is 0 Å². The highest BCUT2D eigenvalue weighted by atomic mass is 28.4. The van der Waals surface area contributed by atoms with Crippen molar-refractivity contribution in [2.45, 2.75) is 96.2 Å². The number of allylic oxidation sites excluding steroid dienone is 1. The molecule has 0 aromatic carbocycles. The lowest BCUT2D eigenvalue weighted by Crippen LogP contribution is -2.54. The van der Waals surface area contributed by atoms with E-state index in [1.165, 1.54) is 6.92 Å². The van der Waals surface area contributed by atoms with Gasteiger partial charge in [0.15, 0.2) is 8.32 Å².